The second kappa shape index (κ2) is 5.29. The van der Waals surface area contributed by atoms with Gasteiger partial charge in [0.25, 0.3) is 0 Å². The second-order valence-electron chi connectivity index (χ2n) is 4.70. The molecule has 3 heteroatoms. The summed E-state index contributed by atoms with van der Waals surface area (Å²) in [6.07, 6.45) is 3.62. The maximum atomic E-state index is 5.73. The molecule has 2 aromatic rings. The fourth-order valence-electron chi connectivity index (χ4n) is 2.54. The summed E-state index contributed by atoms with van der Waals surface area (Å²) in [6.45, 7) is 6.35. The van der Waals surface area contributed by atoms with Crippen LogP contribution in [0.1, 0.15) is 33.9 Å². The maximum Gasteiger partial charge on any atom is 0.0730 e. The first kappa shape index (κ1) is 12.7. The summed E-state index contributed by atoms with van der Waals surface area (Å²) in [6, 6.07) is 8.32. The number of hydrogen-bond donors (Lipinski definition) is 2. The molecule has 18 heavy (non-hydrogen) atoms. The van der Waals surface area contributed by atoms with Crippen molar-refractivity contribution in [2.45, 2.75) is 26.8 Å². The Labute approximate surface area is 108 Å². The molecule has 3 N–H and O–H groups in total. The molecule has 1 atom stereocenters. The highest BCUT2D eigenvalue weighted by atomic mass is 15.2. The van der Waals surface area contributed by atoms with Gasteiger partial charge in [-0.25, -0.2) is 5.43 Å². The second-order valence-corrected chi connectivity index (χ2v) is 4.70. The molecule has 1 aromatic heterocycles. The largest absolute Gasteiger partial charge is 0.271 e. The lowest BCUT2D eigenvalue weighted by Crippen LogP contribution is -2.30. The summed E-state index contributed by atoms with van der Waals surface area (Å²) in [4.78, 5) is 4.16. The van der Waals surface area contributed by atoms with E-state index in [0.717, 1.165) is 5.56 Å². The van der Waals surface area contributed by atoms with Gasteiger partial charge in [0.1, 0.15) is 0 Å². The molecule has 0 fully saturated rings. The molecule has 0 aliphatic rings. The zero-order valence-electron chi connectivity index (χ0n) is 11.1. The Morgan fingerprint density at radius 3 is 2.33 bits per heavy atom. The van der Waals surface area contributed by atoms with E-state index in [9.17, 15) is 0 Å². The lowest BCUT2D eigenvalue weighted by atomic mass is 9.91. The van der Waals surface area contributed by atoms with E-state index in [2.05, 4.69) is 43.3 Å². The van der Waals surface area contributed by atoms with E-state index in [0.29, 0.717) is 0 Å². The Hall–Kier alpha value is -1.71. The van der Waals surface area contributed by atoms with Crippen LogP contribution in [0.2, 0.25) is 0 Å². The van der Waals surface area contributed by atoms with Crippen LogP contribution in [0.5, 0.6) is 0 Å². The van der Waals surface area contributed by atoms with Gasteiger partial charge in [-0.2, -0.15) is 0 Å². The van der Waals surface area contributed by atoms with Gasteiger partial charge in [-0.05, 0) is 49.1 Å². The number of hydrogen-bond acceptors (Lipinski definition) is 3. The summed E-state index contributed by atoms with van der Waals surface area (Å²) >= 11 is 0. The highest BCUT2D eigenvalue weighted by Gasteiger charge is 2.17. The van der Waals surface area contributed by atoms with Gasteiger partial charge in [0, 0.05) is 12.4 Å². The number of rotatable bonds is 3. The number of aromatic nitrogens is 1. The Morgan fingerprint density at radius 1 is 1.17 bits per heavy atom. The first-order valence-electron chi connectivity index (χ1n) is 6.07. The van der Waals surface area contributed by atoms with Crippen LogP contribution in [0, 0.1) is 20.8 Å². The van der Waals surface area contributed by atoms with Crippen LogP contribution in [0.25, 0.3) is 0 Å². The first-order valence-corrected chi connectivity index (χ1v) is 6.07. The lowest BCUT2D eigenvalue weighted by Gasteiger charge is -2.21. The molecule has 2 rings (SSSR count). The standard InChI is InChI=1S/C15H19N3/c1-10-7-11(2)14(12(3)8-10)15(18-16)13-5-4-6-17-9-13/h4-9,15,18H,16H2,1-3H3. The average molecular weight is 241 g/mol. The number of pyridine rings is 1. The monoisotopic (exact) mass is 241 g/mol. The van der Waals surface area contributed by atoms with Gasteiger partial charge in [0.15, 0.2) is 0 Å². The molecule has 0 saturated heterocycles. The summed E-state index contributed by atoms with van der Waals surface area (Å²) in [5.41, 5.74) is 8.98. The zero-order chi connectivity index (χ0) is 13.1. The van der Waals surface area contributed by atoms with Gasteiger partial charge in [-0.1, -0.05) is 23.8 Å². The Morgan fingerprint density at radius 2 is 1.83 bits per heavy atom. The zero-order valence-corrected chi connectivity index (χ0v) is 11.1. The smallest absolute Gasteiger partial charge is 0.0730 e. The minimum atomic E-state index is -0.0145. The van der Waals surface area contributed by atoms with Crippen LogP contribution >= 0.6 is 0 Å². The fourth-order valence-corrected chi connectivity index (χ4v) is 2.54. The molecule has 94 valence electrons. The molecular weight excluding hydrogens is 222 g/mol. The van der Waals surface area contributed by atoms with Crippen molar-refractivity contribution in [1.82, 2.24) is 10.4 Å². The minimum absolute atomic E-state index is 0.0145. The highest BCUT2D eigenvalue weighted by molar-refractivity contribution is 5.43. The maximum absolute atomic E-state index is 5.73. The summed E-state index contributed by atoms with van der Waals surface area (Å²) in [5.74, 6) is 5.73. The van der Waals surface area contributed by atoms with Gasteiger partial charge in [0.05, 0.1) is 6.04 Å². The van der Waals surface area contributed by atoms with Crippen molar-refractivity contribution in [3.05, 3.63) is 64.5 Å². The van der Waals surface area contributed by atoms with Gasteiger partial charge >= 0.3 is 0 Å². The summed E-state index contributed by atoms with van der Waals surface area (Å²) in [5, 5.41) is 0. The SMILES string of the molecule is Cc1cc(C)c(C(NN)c2cccnc2)c(C)c1. The van der Waals surface area contributed by atoms with E-state index in [-0.39, 0.29) is 6.04 Å². The third-order valence-electron chi connectivity index (χ3n) is 3.21. The summed E-state index contributed by atoms with van der Waals surface area (Å²) in [7, 11) is 0. The van der Waals surface area contributed by atoms with E-state index in [1.165, 1.54) is 22.3 Å². The van der Waals surface area contributed by atoms with Crippen LogP contribution in [0.15, 0.2) is 36.7 Å². The van der Waals surface area contributed by atoms with E-state index < -0.39 is 0 Å². The molecule has 1 unspecified atom stereocenters. The first-order chi connectivity index (χ1) is 8.63. The third kappa shape index (κ3) is 2.42. The predicted octanol–water partition coefficient (Wildman–Crippen LogP) is 2.56. The van der Waals surface area contributed by atoms with Crippen molar-refractivity contribution in [3.63, 3.8) is 0 Å². The summed E-state index contributed by atoms with van der Waals surface area (Å²) < 4.78 is 0. The van der Waals surface area contributed by atoms with E-state index >= 15 is 0 Å². The molecule has 0 saturated carbocycles. The quantitative estimate of drug-likeness (QED) is 0.641. The molecule has 0 radical (unpaired) electrons. The van der Waals surface area contributed by atoms with Crippen LogP contribution in [-0.2, 0) is 0 Å². The van der Waals surface area contributed by atoms with Crippen molar-refractivity contribution in [1.29, 1.82) is 0 Å². The number of nitrogens with one attached hydrogen (secondary N) is 1. The Bertz CT molecular complexity index is 512. The van der Waals surface area contributed by atoms with Gasteiger partial charge in [0.2, 0.25) is 0 Å². The fraction of sp³-hybridized carbons (Fsp3) is 0.267. The Kier molecular flexibility index (Phi) is 3.75. The van der Waals surface area contributed by atoms with Crippen LogP contribution in [0.3, 0.4) is 0 Å². The number of nitrogens with zero attached hydrogens (tertiary/aromatic N) is 1. The van der Waals surface area contributed by atoms with Crippen molar-refractivity contribution >= 4 is 0 Å². The lowest BCUT2D eigenvalue weighted by molar-refractivity contribution is 0.628. The van der Waals surface area contributed by atoms with Gasteiger partial charge < -0.3 is 0 Å². The predicted molar refractivity (Wildman–Crippen MR) is 74.1 cm³/mol. The normalized spacial score (nSPS) is 12.4. The highest BCUT2D eigenvalue weighted by Crippen LogP contribution is 2.27. The van der Waals surface area contributed by atoms with E-state index in [1.54, 1.807) is 6.20 Å². The molecule has 1 heterocycles. The topological polar surface area (TPSA) is 50.9 Å². The number of aryl methyl sites for hydroxylation is 3. The minimum Gasteiger partial charge on any atom is -0.271 e. The molecule has 0 aliphatic carbocycles. The van der Waals surface area contributed by atoms with E-state index in [1.807, 2.05) is 18.3 Å². The van der Waals surface area contributed by atoms with Crippen LogP contribution in [-0.4, -0.2) is 4.98 Å². The van der Waals surface area contributed by atoms with E-state index in [4.69, 9.17) is 5.84 Å². The number of hydrazine groups is 1. The molecule has 1 aromatic carbocycles. The van der Waals surface area contributed by atoms with Crippen LogP contribution in [0.4, 0.5) is 0 Å². The van der Waals surface area contributed by atoms with Crippen molar-refractivity contribution in [3.8, 4) is 0 Å². The van der Waals surface area contributed by atoms with Crippen LogP contribution < -0.4 is 11.3 Å². The molecule has 0 amide bonds. The average Bonchev–Trinajstić information content (AvgIpc) is 2.34. The number of benzene rings is 1. The Balaban J connectivity index is 2.52. The van der Waals surface area contributed by atoms with Crippen molar-refractivity contribution in [2.75, 3.05) is 0 Å². The number of nitrogens with two attached hydrogens (primary N) is 1. The van der Waals surface area contributed by atoms with Crippen molar-refractivity contribution in [2.24, 2.45) is 5.84 Å². The molecule has 0 aliphatic heterocycles. The third-order valence-corrected chi connectivity index (χ3v) is 3.21. The molecule has 3 nitrogen and oxygen atoms in total. The van der Waals surface area contributed by atoms with Gasteiger partial charge in [-0.15, -0.1) is 0 Å². The molecular formula is C15H19N3. The molecule has 0 bridgehead atoms. The molecule has 0 spiro atoms. The van der Waals surface area contributed by atoms with Gasteiger partial charge in [-0.3, -0.25) is 10.8 Å². The van der Waals surface area contributed by atoms with Crippen molar-refractivity contribution < 1.29 is 0 Å².